The number of hydrogen-bond acceptors (Lipinski definition) is 6. The second-order valence-corrected chi connectivity index (χ2v) is 4.48. The molecule has 0 spiro atoms. The van der Waals surface area contributed by atoms with Crippen LogP contribution in [0.5, 0.6) is 0 Å². The van der Waals surface area contributed by atoms with Crippen molar-refractivity contribution in [1.82, 2.24) is 5.32 Å². The summed E-state index contributed by atoms with van der Waals surface area (Å²) < 4.78 is 4.72. The fourth-order valence-corrected chi connectivity index (χ4v) is 2.34. The third-order valence-electron chi connectivity index (χ3n) is 2.24. The summed E-state index contributed by atoms with van der Waals surface area (Å²) in [5.41, 5.74) is 0. The van der Waals surface area contributed by atoms with Crippen LogP contribution < -0.4 is 5.32 Å². The van der Waals surface area contributed by atoms with Crippen LogP contribution >= 0.6 is 11.8 Å². The Bertz CT molecular complexity index is 483. The quantitative estimate of drug-likeness (QED) is 0.638. The van der Waals surface area contributed by atoms with Crippen LogP contribution in [0.1, 0.15) is 17.0 Å². The van der Waals surface area contributed by atoms with E-state index in [0.29, 0.717) is 12.2 Å². The maximum Gasteiger partial charge on any atom is 0.433 e. The monoisotopic (exact) mass is 256 g/mol. The molecule has 1 aromatic heterocycles. The first-order valence-electron chi connectivity index (χ1n) is 4.79. The number of hydrogen-bond donors (Lipinski definition) is 1. The molecule has 1 aliphatic heterocycles. The van der Waals surface area contributed by atoms with Gasteiger partial charge in [0.2, 0.25) is 5.12 Å². The predicted molar refractivity (Wildman–Crippen MR) is 58.7 cm³/mol. The summed E-state index contributed by atoms with van der Waals surface area (Å²) in [6, 6.07) is 1.77. The highest BCUT2D eigenvalue weighted by Gasteiger charge is 2.28. The van der Waals surface area contributed by atoms with E-state index in [0.717, 1.165) is 17.8 Å². The molecular weight excluding hydrogens is 248 g/mol. The first-order chi connectivity index (χ1) is 8.08. The van der Waals surface area contributed by atoms with Crippen LogP contribution in [0.4, 0.5) is 5.88 Å². The third-order valence-corrected chi connectivity index (χ3v) is 3.25. The van der Waals surface area contributed by atoms with Gasteiger partial charge in [-0.25, -0.2) is 0 Å². The SMILES string of the molecule is O=C(N[C@@H]1CCSC1=O)c1ccc([N+](=O)[O-])o1. The van der Waals surface area contributed by atoms with Crippen LogP contribution in [0.15, 0.2) is 16.5 Å². The van der Waals surface area contributed by atoms with Crippen LogP contribution in [-0.4, -0.2) is 27.7 Å². The van der Waals surface area contributed by atoms with Gasteiger partial charge in [-0.2, -0.15) is 0 Å². The summed E-state index contributed by atoms with van der Waals surface area (Å²) in [5.74, 6) is -0.607. The van der Waals surface area contributed by atoms with Gasteiger partial charge >= 0.3 is 5.88 Å². The number of amides is 1. The summed E-state index contributed by atoms with van der Waals surface area (Å²) in [7, 11) is 0. The molecule has 0 aliphatic carbocycles. The van der Waals surface area contributed by atoms with Crippen molar-refractivity contribution in [3.8, 4) is 0 Å². The minimum atomic E-state index is -0.729. The van der Waals surface area contributed by atoms with E-state index in [2.05, 4.69) is 5.32 Å². The van der Waals surface area contributed by atoms with Crippen molar-refractivity contribution in [2.45, 2.75) is 12.5 Å². The maximum atomic E-state index is 11.6. The fraction of sp³-hybridized carbons (Fsp3) is 0.333. The second kappa shape index (κ2) is 4.58. The molecule has 1 atom stereocenters. The van der Waals surface area contributed by atoms with Gasteiger partial charge in [0.25, 0.3) is 5.91 Å². The van der Waals surface area contributed by atoms with Gasteiger partial charge in [0.15, 0.2) is 5.76 Å². The Labute approximate surface area is 99.7 Å². The zero-order valence-electron chi connectivity index (χ0n) is 8.54. The number of thioether (sulfide) groups is 1. The average molecular weight is 256 g/mol. The molecule has 7 nitrogen and oxygen atoms in total. The number of carbonyl (C=O) groups excluding carboxylic acids is 2. The molecule has 90 valence electrons. The van der Waals surface area contributed by atoms with Crippen molar-refractivity contribution in [2.75, 3.05) is 5.75 Å². The second-order valence-electron chi connectivity index (χ2n) is 3.38. The molecule has 2 rings (SSSR count). The van der Waals surface area contributed by atoms with Gasteiger partial charge in [-0.3, -0.25) is 19.7 Å². The molecule has 8 heteroatoms. The topological polar surface area (TPSA) is 102 Å². The van der Waals surface area contributed by atoms with Crippen LogP contribution in [-0.2, 0) is 4.79 Å². The Morgan fingerprint density at radius 1 is 1.59 bits per heavy atom. The number of furan rings is 1. The van der Waals surface area contributed by atoms with Crippen LogP contribution in [0.3, 0.4) is 0 Å². The van der Waals surface area contributed by atoms with Crippen LogP contribution in [0, 0.1) is 10.1 Å². The van der Waals surface area contributed by atoms with Gasteiger partial charge in [0.05, 0.1) is 12.1 Å². The molecule has 0 saturated carbocycles. The number of nitro groups is 1. The van der Waals surface area contributed by atoms with E-state index in [9.17, 15) is 19.7 Å². The highest BCUT2D eigenvalue weighted by Crippen LogP contribution is 2.21. The first kappa shape index (κ1) is 11.6. The molecule has 17 heavy (non-hydrogen) atoms. The van der Waals surface area contributed by atoms with Crippen LogP contribution in [0.25, 0.3) is 0 Å². The van der Waals surface area contributed by atoms with E-state index in [4.69, 9.17) is 4.42 Å². The number of rotatable bonds is 3. The molecule has 1 aromatic rings. The van der Waals surface area contributed by atoms with E-state index >= 15 is 0 Å². The van der Waals surface area contributed by atoms with E-state index in [1.54, 1.807) is 0 Å². The van der Waals surface area contributed by atoms with Crippen molar-refractivity contribution >= 4 is 28.7 Å². The van der Waals surface area contributed by atoms with Gasteiger partial charge < -0.3 is 9.73 Å². The molecule has 1 saturated heterocycles. The molecule has 1 aliphatic rings. The molecule has 1 amide bonds. The first-order valence-corrected chi connectivity index (χ1v) is 5.78. The van der Waals surface area contributed by atoms with Crippen LogP contribution in [0.2, 0.25) is 0 Å². The van der Waals surface area contributed by atoms with E-state index in [1.807, 2.05) is 0 Å². The van der Waals surface area contributed by atoms with Gasteiger partial charge in [-0.05, 0) is 12.5 Å². The lowest BCUT2D eigenvalue weighted by molar-refractivity contribution is -0.402. The number of carbonyl (C=O) groups is 2. The summed E-state index contributed by atoms with van der Waals surface area (Å²) in [4.78, 5) is 32.5. The molecule has 0 unspecified atom stereocenters. The van der Waals surface area contributed by atoms with E-state index in [-0.39, 0.29) is 10.9 Å². The average Bonchev–Trinajstić information content (AvgIpc) is 2.88. The lowest BCUT2D eigenvalue weighted by Crippen LogP contribution is -2.36. The van der Waals surface area contributed by atoms with Gasteiger partial charge in [0.1, 0.15) is 4.92 Å². The van der Waals surface area contributed by atoms with Crippen molar-refractivity contribution in [3.05, 3.63) is 28.0 Å². The van der Waals surface area contributed by atoms with Gasteiger partial charge in [-0.15, -0.1) is 0 Å². The lowest BCUT2D eigenvalue weighted by atomic mass is 10.2. The number of nitrogens with one attached hydrogen (secondary N) is 1. The van der Waals surface area contributed by atoms with E-state index in [1.165, 1.54) is 6.07 Å². The maximum absolute atomic E-state index is 11.6. The number of nitrogens with zero attached hydrogens (tertiary/aromatic N) is 1. The Balaban J connectivity index is 2.04. The molecule has 0 aromatic carbocycles. The fourth-order valence-electron chi connectivity index (χ4n) is 1.40. The van der Waals surface area contributed by atoms with Crippen molar-refractivity contribution in [1.29, 1.82) is 0 Å². The molecule has 2 heterocycles. The molecule has 0 radical (unpaired) electrons. The summed E-state index contributed by atoms with van der Waals surface area (Å²) >= 11 is 1.16. The standard InChI is InChI=1S/C9H8N2O5S/c12-8(10-5-3-4-17-9(5)13)6-1-2-7(16-6)11(14)15/h1-2,5H,3-4H2,(H,10,12)/t5-/m1/s1. The predicted octanol–water partition coefficient (Wildman–Crippen LogP) is 0.950. The van der Waals surface area contributed by atoms with Gasteiger partial charge in [-0.1, -0.05) is 11.8 Å². The Morgan fingerprint density at radius 2 is 2.35 bits per heavy atom. The molecule has 1 fully saturated rings. The molecule has 0 bridgehead atoms. The van der Waals surface area contributed by atoms with Crippen molar-refractivity contribution in [2.24, 2.45) is 0 Å². The molecular formula is C9H8N2O5S. The van der Waals surface area contributed by atoms with Crippen molar-refractivity contribution in [3.63, 3.8) is 0 Å². The van der Waals surface area contributed by atoms with Crippen molar-refractivity contribution < 1.29 is 18.9 Å². The summed E-state index contributed by atoms with van der Waals surface area (Å²) in [6.07, 6.45) is 0.568. The van der Waals surface area contributed by atoms with E-state index < -0.39 is 22.8 Å². The van der Waals surface area contributed by atoms with Gasteiger partial charge in [0, 0.05) is 5.75 Å². The minimum absolute atomic E-state index is 0.0978. The highest BCUT2D eigenvalue weighted by molar-refractivity contribution is 8.14. The Morgan fingerprint density at radius 3 is 2.88 bits per heavy atom. The normalized spacial score (nSPS) is 19.3. The Kier molecular flexibility index (Phi) is 3.14. The zero-order chi connectivity index (χ0) is 12.4. The lowest BCUT2D eigenvalue weighted by Gasteiger charge is -2.07. The summed E-state index contributed by atoms with van der Waals surface area (Å²) in [5, 5.41) is 12.7. The largest absolute Gasteiger partial charge is 0.433 e. The molecule has 1 N–H and O–H groups in total. The highest BCUT2D eigenvalue weighted by atomic mass is 32.2. The smallest absolute Gasteiger partial charge is 0.395 e. The zero-order valence-corrected chi connectivity index (χ0v) is 9.36. The summed E-state index contributed by atoms with van der Waals surface area (Å²) in [6.45, 7) is 0. The minimum Gasteiger partial charge on any atom is -0.395 e. The third kappa shape index (κ3) is 2.47. The Hall–Kier alpha value is -1.83.